The molecule has 3 amide bonds. The quantitative estimate of drug-likeness (QED) is 0.323. The van der Waals surface area contributed by atoms with Crippen LogP contribution in [0.25, 0.3) is 43.6 Å². The summed E-state index contributed by atoms with van der Waals surface area (Å²) in [6.07, 6.45) is -2.48. The first-order valence-corrected chi connectivity index (χ1v) is 12.3. The van der Waals surface area contributed by atoms with Gasteiger partial charge in [-0.3, -0.25) is 14.9 Å². The number of alkyl carbamates (subject to hydrolysis) is 1. The summed E-state index contributed by atoms with van der Waals surface area (Å²) in [7, 11) is 0. The smallest absolute Gasteiger partial charge is 0.407 e. The molecule has 0 spiro atoms. The largest absolute Gasteiger partial charge is 0.441 e. The highest BCUT2D eigenvalue weighted by Gasteiger charge is 2.39. The van der Waals surface area contributed by atoms with Crippen molar-refractivity contribution in [1.82, 2.24) is 19.8 Å². The van der Waals surface area contributed by atoms with E-state index in [0.717, 1.165) is 32.8 Å². The van der Waals surface area contributed by atoms with Crippen LogP contribution in [0.15, 0.2) is 48.5 Å². The van der Waals surface area contributed by atoms with Gasteiger partial charge in [-0.25, -0.2) is 4.79 Å². The average Bonchev–Trinajstić information content (AvgIpc) is 3.45. The maximum atomic E-state index is 13.2. The summed E-state index contributed by atoms with van der Waals surface area (Å²) < 4.78 is 9.76. The van der Waals surface area contributed by atoms with Crippen molar-refractivity contribution < 1.29 is 24.2 Å². The van der Waals surface area contributed by atoms with Crippen molar-refractivity contribution in [3.8, 4) is 0 Å². The highest BCUT2D eigenvalue weighted by Crippen LogP contribution is 2.45. The molecule has 0 saturated heterocycles. The number of rotatable bonds is 2. The van der Waals surface area contributed by atoms with Crippen molar-refractivity contribution >= 4 is 61.5 Å². The Bertz CT molecular complexity index is 1830. The second kappa shape index (κ2) is 7.57. The van der Waals surface area contributed by atoms with Crippen molar-refractivity contribution in [2.45, 2.75) is 45.2 Å². The summed E-state index contributed by atoms with van der Waals surface area (Å²) in [5, 5.41) is 19.6. The Hall–Kier alpha value is -4.37. The van der Waals surface area contributed by atoms with Gasteiger partial charge in [0.25, 0.3) is 11.8 Å². The number of hydrogen-bond acceptors (Lipinski definition) is 5. The van der Waals surface area contributed by atoms with Gasteiger partial charge in [0, 0.05) is 38.6 Å². The number of benzene rings is 3. The molecule has 2 unspecified atom stereocenters. The van der Waals surface area contributed by atoms with Crippen molar-refractivity contribution in [2.24, 2.45) is 0 Å². The zero-order chi connectivity index (χ0) is 25.6. The first kappa shape index (κ1) is 21.9. The number of nitrogens with one attached hydrogen (secondary N) is 2. The molecule has 0 radical (unpaired) electrons. The molecule has 0 aliphatic carbocycles. The van der Waals surface area contributed by atoms with E-state index in [-0.39, 0.29) is 19.1 Å². The summed E-state index contributed by atoms with van der Waals surface area (Å²) >= 11 is 0. The van der Waals surface area contributed by atoms with Crippen molar-refractivity contribution in [2.75, 3.05) is 0 Å². The molecular weight excluding hydrogens is 472 g/mol. The van der Waals surface area contributed by atoms with Crippen LogP contribution in [-0.4, -0.2) is 50.4 Å². The molecule has 0 saturated carbocycles. The van der Waals surface area contributed by atoms with E-state index in [1.165, 1.54) is 0 Å². The topological polar surface area (TPSA) is 115 Å². The maximum absolute atomic E-state index is 13.2. The minimum Gasteiger partial charge on any atom is -0.441 e. The maximum Gasteiger partial charge on any atom is 0.407 e. The molecule has 2 aliphatic rings. The van der Waals surface area contributed by atoms with Crippen LogP contribution in [0.1, 0.15) is 34.6 Å². The van der Waals surface area contributed by atoms with Crippen LogP contribution in [-0.2, 0) is 17.8 Å². The van der Waals surface area contributed by atoms with Crippen molar-refractivity contribution in [1.29, 1.82) is 0 Å². The highest BCUT2D eigenvalue weighted by molar-refractivity contribution is 6.39. The molecule has 4 heterocycles. The number of imide groups is 1. The Morgan fingerprint density at radius 1 is 0.919 bits per heavy atom. The van der Waals surface area contributed by atoms with Gasteiger partial charge in [0.05, 0.1) is 35.2 Å². The SMILES string of the molecule is CC(C)NC(=O)OC1Cn2c3ccccc3c3c4c(c5c6ccccc6n(c5c32)CC1O)C(=O)NC4=O. The molecule has 9 nitrogen and oxygen atoms in total. The number of aromatic nitrogens is 2. The van der Waals surface area contributed by atoms with E-state index in [1.807, 2.05) is 71.5 Å². The van der Waals surface area contributed by atoms with Crippen LogP contribution < -0.4 is 10.6 Å². The van der Waals surface area contributed by atoms with Gasteiger partial charge in [0.1, 0.15) is 12.2 Å². The van der Waals surface area contributed by atoms with Crippen LogP contribution >= 0.6 is 0 Å². The zero-order valence-corrected chi connectivity index (χ0v) is 20.2. The first-order chi connectivity index (χ1) is 17.8. The van der Waals surface area contributed by atoms with E-state index in [4.69, 9.17) is 4.74 Å². The number of aliphatic hydroxyl groups excluding tert-OH is 1. The summed E-state index contributed by atoms with van der Waals surface area (Å²) in [5.41, 5.74) is 3.93. The molecule has 186 valence electrons. The molecule has 2 atom stereocenters. The Morgan fingerprint density at radius 3 is 1.97 bits per heavy atom. The second-order valence-electron chi connectivity index (χ2n) is 10.0. The lowest BCUT2D eigenvalue weighted by Crippen LogP contribution is -2.42. The molecule has 5 aromatic rings. The molecule has 0 bridgehead atoms. The van der Waals surface area contributed by atoms with Gasteiger partial charge >= 0.3 is 6.09 Å². The first-order valence-electron chi connectivity index (χ1n) is 12.3. The molecule has 37 heavy (non-hydrogen) atoms. The average molecular weight is 497 g/mol. The number of nitrogens with zero attached hydrogens (tertiary/aromatic N) is 2. The number of fused-ring (bicyclic) bond motifs is 9. The van der Waals surface area contributed by atoms with E-state index in [0.29, 0.717) is 21.9 Å². The fourth-order valence-electron chi connectivity index (χ4n) is 6.05. The third kappa shape index (κ3) is 2.91. The summed E-state index contributed by atoms with van der Waals surface area (Å²) in [5.74, 6) is -0.844. The lowest BCUT2D eigenvalue weighted by molar-refractivity contribution is -0.0129. The zero-order valence-electron chi connectivity index (χ0n) is 20.2. The summed E-state index contributed by atoms with van der Waals surface area (Å²) in [4.78, 5) is 39.0. The van der Waals surface area contributed by atoms with Crippen LogP contribution in [0.3, 0.4) is 0 Å². The van der Waals surface area contributed by atoms with E-state index in [9.17, 15) is 19.5 Å². The lowest BCUT2D eigenvalue weighted by atomic mass is 9.96. The third-order valence-corrected chi connectivity index (χ3v) is 7.42. The summed E-state index contributed by atoms with van der Waals surface area (Å²) in [6.45, 7) is 4.01. The minimum absolute atomic E-state index is 0.121. The number of hydrogen-bond donors (Lipinski definition) is 3. The molecule has 3 aromatic carbocycles. The van der Waals surface area contributed by atoms with Crippen LogP contribution in [0.2, 0.25) is 0 Å². The van der Waals surface area contributed by atoms with Gasteiger partial charge in [-0.2, -0.15) is 0 Å². The number of para-hydroxylation sites is 2. The Morgan fingerprint density at radius 2 is 1.43 bits per heavy atom. The van der Waals surface area contributed by atoms with Gasteiger partial charge in [-0.15, -0.1) is 0 Å². The number of ether oxygens (including phenoxy) is 1. The van der Waals surface area contributed by atoms with Crippen molar-refractivity contribution in [3.05, 3.63) is 59.7 Å². The Balaban J connectivity index is 1.65. The predicted octanol–water partition coefficient (Wildman–Crippen LogP) is 3.66. The fraction of sp³-hybridized carbons (Fsp3) is 0.250. The highest BCUT2D eigenvalue weighted by atomic mass is 16.6. The predicted molar refractivity (Wildman–Crippen MR) is 139 cm³/mol. The molecule has 9 heteroatoms. The minimum atomic E-state index is -1.02. The monoisotopic (exact) mass is 496 g/mol. The van der Waals surface area contributed by atoms with E-state index in [2.05, 4.69) is 10.6 Å². The summed E-state index contributed by atoms with van der Waals surface area (Å²) in [6, 6.07) is 15.2. The van der Waals surface area contributed by atoms with Crippen LogP contribution in [0.4, 0.5) is 4.79 Å². The number of aliphatic hydroxyl groups is 1. The van der Waals surface area contributed by atoms with Gasteiger partial charge < -0.3 is 24.3 Å². The van der Waals surface area contributed by atoms with E-state index >= 15 is 0 Å². The van der Waals surface area contributed by atoms with Crippen molar-refractivity contribution in [3.63, 3.8) is 0 Å². The van der Waals surface area contributed by atoms with E-state index in [1.54, 1.807) is 0 Å². The van der Waals surface area contributed by atoms with E-state index < -0.39 is 30.1 Å². The standard InChI is InChI=1S/C28H24N4O5/c1-13(2)29-28(36)37-19-12-32-17-10-6-4-8-15(17)21-23-22(26(34)30-27(23)35)20-14-7-3-5-9-16(14)31(11-18(19)33)24(20)25(21)32/h3-10,13,18-19,33H,11-12H2,1-2H3,(H,29,36)(H,30,34,35). The van der Waals surface area contributed by atoms with Gasteiger partial charge in [0.2, 0.25) is 0 Å². The molecule has 0 fully saturated rings. The molecule has 3 N–H and O–H groups in total. The van der Waals surface area contributed by atoms with Gasteiger partial charge in [-0.05, 0) is 26.0 Å². The number of amides is 3. The van der Waals surface area contributed by atoms with Gasteiger partial charge in [-0.1, -0.05) is 36.4 Å². The van der Waals surface area contributed by atoms with Crippen LogP contribution in [0, 0.1) is 0 Å². The second-order valence-corrected chi connectivity index (χ2v) is 10.0. The molecule has 2 aromatic heterocycles. The Labute approximate surface area is 210 Å². The Kier molecular flexibility index (Phi) is 4.47. The molecular formula is C28H24N4O5. The molecule has 2 aliphatic heterocycles. The lowest BCUT2D eigenvalue weighted by Gasteiger charge is -2.28. The van der Waals surface area contributed by atoms with Gasteiger partial charge in [0.15, 0.2) is 0 Å². The van der Waals surface area contributed by atoms with Crippen LogP contribution in [0.5, 0.6) is 0 Å². The number of carbonyl (C=O) groups is 3. The third-order valence-electron chi connectivity index (χ3n) is 7.42. The fourth-order valence-corrected chi connectivity index (χ4v) is 6.05. The number of carbonyl (C=O) groups excluding carboxylic acids is 3. The molecule has 7 rings (SSSR count). The normalized spacial score (nSPS) is 19.1.